The van der Waals surface area contributed by atoms with E-state index < -0.39 is 0 Å². The number of carbonyl (C=O) groups excluding carboxylic acids is 1. The van der Waals surface area contributed by atoms with E-state index in [1.165, 1.54) is 0 Å². The van der Waals surface area contributed by atoms with Crippen molar-refractivity contribution in [3.63, 3.8) is 0 Å². The van der Waals surface area contributed by atoms with Crippen molar-refractivity contribution < 1.29 is 4.79 Å². The molecule has 0 aliphatic carbocycles. The van der Waals surface area contributed by atoms with Gasteiger partial charge in [0.05, 0.1) is 6.07 Å². The van der Waals surface area contributed by atoms with Gasteiger partial charge in [0.25, 0.3) is 0 Å². The summed E-state index contributed by atoms with van der Waals surface area (Å²) in [6.07, 6.45) is 3.30. The number of amides is 1. The lowest BCUT2D eigenvalue weighted by Crippen LogP contribution is -2.48. The van der Waals surface area contributed by atoms with E-state index in [9.17, 15) is 4.79 Å². The predicted octanol–water partition coefficient (Wildman–Crippen LogP) is 0.253. The summed E-state index contributed by atoms with van der Waals surface area (Å²) in [6.45, 7) is 1.89. The Kier molecular flexibility index (Phi) is 2.69. The van der Waals surface area contributed by atoms with Crippen molar-refractivity contribution in [1.29, 1.82) is 5.26 Å². The number of hydrogen-bond acceptors (Lipinski definition) is 3. The van der Waals surface area contributed by atoms with Crippen LogP contribution in [0.25, 0.3) is 0 Å². The Morgan fingerprint density at radius 1 is 1.57 bits per heavy atom. The molecule has 0 saturated carbocycles. The summed E-state index contributed by atoms with van der Waals surface area (Å²) in [5.74, 6) is 0.00343. The molecule has 0 spiro atoms. The molecule has 4 heteroatoms. The highest BCUT2D eigenvalue weighted by atomic mass is 16.2. The molecule has 1 amide bonds. The van der Waals surface area contributed by atoms with Gasteiger partial charge in [-0.1, -0.05) is 0 Å². The second-order valence-electron chi connectivity index (χ2n) is 3.98. The van der Waals surface area contributed by atoms with Crippen molar-refractivity contribution in [3.05, 3.63) is 0 Å². The molecule has 1 N–H and O–H groups in total. The lowest BCUT2D eigenvalue weighted by atomic mass is 9.99. The topological polar surface area (TPSA) is 56.1 Å². The highest BCUT2D eigenvalue weighted by molar-refractivity contribution is 5.79. The first-order valence-corrected chi connectivity index (χ1v) is 5.22. The van der Waals surface area contributed by atoms with Crippen molar-refractivity contribution >= 4 is 5.91 Å². The minimum atomic E-state index is 0.00343. The summed E-state index contributed by atoms with van der Waals surface area (Å²) in [5, 5.41) is 11.9. The van der Waals surface area contributed by atoms with E-state index in [0.717, 1.165) is 32.4 Å². The Bertz CT molecular complexity index is 271. The molecular weight excluding hydrogens is 178 g/mol. The van der Waals surface area contributed by atoms with Crippen molar-refractivity contribution in [2.75, 3.05) is 13.1 Å². The summed E-state index contributed by atoms with van der Waals surface area (Å²) in [6, 6.07) is 2.76. The third kappa shape index (κ3) is 1.60. The lowest BCUT2D eigenvalue weighted by Gasteiger charge is -2.32. The van der Waals surface area contributed by atoms with Gasteiger partial charge in [-0.05, 0) is 25.8 Å². The first-order valence-electron chi connectivity index (χ1n) is 5.22. The van der Waals surface area contributed by atoms with Crippen LogP contribution in [0.2, 0.25) is 0 Å². The molecule has 0 aromatic carbocycles. The van der Waals surface area contributed by atoms with E-state index in [1.54, 1.807) is 0 Å². The van der Waals surface area contributed by atoms with Crippen LogP contribution in [-0.2, 0) is 4.79 Å². The Hall–Kier alpha value is -1.08. The maximum absolute atomic E-state index is 11.6. The molecule has 2 aliphatic heterocycles. The molecule has 4 nitrogen and oxygen atoms in total. The average Bonchev–Trinajstić information content (AvgIpc) is 2.61. The first-order chi connectivity index (χ1) is 6.83. The Morgan fingerprint density at radius 2 is 2.43 bits per heavy atom. The molecule has 76 valence electrons. The van der Waals surface area contributed by atoms with Gasteiger partial charge in [0.2, 0.25) is 5.91 Å². The first kappa shape index (κ1) is 9.47. The zero-order valence-corrected chi connectivity index (χ0v) is 8.20. The third-order valence-corrected chi connectivity index (χ3v) is 3.18. The van der Waals surface area contributed by atoms with Gasteiger partial charge in [-0.15, -0.1) is 0 Å². The Labute approximate surface area is 83.9 Å². The number of nitrogens with zero attached hydrogens (tertiary/aromatic N) is 2. The van der Waals surface area contributed by atoms with Crippen LogP contribution in [0.1, 0.15) is 25.7 Å². The minimum Gasteiger partial charge on any atom is -0.337 e. The van der Waals surface area contributed by atoms with Gasteiger partial charge in [0, 0.05) is 18.6 Å². The maximum Gasteiger partial charge on any atom is 0.237 e. The number of nitrogens with one attached hydrogen (secondary N) is 1. The third-order valence-electron chi connectivity index (χ3n) is 3.18. The number of fused-ring (bicyclic) bond motifs is 1. The standard InChI is InChI=1S/C10H15N3O/c11-5-3-10(14)13-7-4-8-9(13)2-1-6-12-8/h8-9,12H,1-4,6-7H2. The van der Waals surface area contributed by atoms with Crippen LogP contribution in [-0.4, -0.2) is 36.0 Å². The van der Waals surface area contributed by atoms with Crippen molar-refractivity contribution in [2.45, 2.75) is 37.8 Å². The molecule has 0 aromatic rings. The van der Waals surface area contributed by atoms with Gasteiger partial charge in [-0.25, -0.2) is 0 Å². The predicted molar refractivity (Wildman–Crippen MR) is 51.4 cm³/mol. The molecule has 14 heavy (non-hydrogen) atoms. The van der Waals surface area contributed by atoms with Crippen LogP contribution in [0.3, 0.4) is 0 Å². The quantitative estimate of drug-likeness (QED) is 0.649. The van der Waals surface area contributed by atoms with Crippen LogP contribution in [0, 0.1) is 11.3 Å². The molecule has 2 unspecified atom stereocenters. The summed E-state index contributed by atoms with van der Waals surface area (Å²) >= 11 is 0. The fraction of sp³-hybridized carbons (Fsp3) is 0.800. The monoisotopic (exact) mass is 193 g/mol. The molecule has 2 atom stereocenters. The van der Waals surface area contributed by atoms with Crippen molar-refractivity contribution in [3.8, 4) is 6.07 Å². The number of carbonyl (C=O) groups is 1. The van der Waals surface area contributed by atoms with E-state index in [4.69, 9.17) is 5.26 Å². The van der Waals surface area contributed by atoms with Crippen LogP contribution in [0.15, 0.2) is 0 Å². The smallest absolute Gasteiger partial charge is 0.237 e. The number of nitriles is 1. The SMILES string of the molecule is N#CCC(=O)N1CCC2NCCCC21. The van der Waals surface area contributed by atoms with Gasteiger partial charge >= 0.3 is 0 Å². The largest absolute Gasteiger partial charge is 0.337 e. The summed E-state index contributed by atoms with van der Waals surface area (Å²) in [5.41, 5.74) is 0. The molecule has 0 bridgehead atoms. The fourth-order valence-corrected chi connectivity index (χ4v) is 2.53. The summed E-state index contributed by atoms with van der Waals surface area (Å²) in [4.78, 5) is 13.5. The number of likely N-dealkylation sites (tertiary alicyclic amines) is 1. The second-order valence-corrected chi connectivity index (χ2v) is 3.98. The lowest BCUT2D eigenvalue weighted by molar-refractivity contribution is -0.131. The summed E-state index contributed by atoms with van der Waals surface area (Å²) < 4.78 is 0. The van der Waals surface area contributed by atoms with Crippen LogP contribution in [0.4, 0.5) is 0 Å². The van der Waals surface area contributed by atoms with Gasteiger partial charge in [-0.3, -0.25) is 4.79 Å². The normalized spacial score (nSPS) is 30.9. The molecule has 0 aromatic heterocycles. The number of hydrogen-bond donors (Lipinski definition) is 1. The number of rotatable bonds is 1. The van der Waals surface area contributed by atoms with Gasteiger partial charge in [-0.2, -0.15) is 5.26 Å². The zero-order chi connectivity index (χ0) is 9.97. The molecule has 2 heterocycles. The summed E-state index contributed by atoms with van der Waals surface area (Å²) in [7, 11) is 0. The number of piperidine rings is 1. The van der Waals surface area contributed by atoms with Crippen LogP contribution < -0.4 is 5.32 Å². The molecule has 0 radical (unpaired) electrons. The fourth-order valence-electron chi connectivity index (χ4n) is 2.53. The van der Waals surface area contributed by atoms with Crippen LogP contribution in [0.5, 0.6) is 0 Å². The molecule has 2 fully saturated rings. The van der Waals surface area contributed by atoms with Gasteiger partial charge in [0.15, 0.2) is 0 Å². The Balaban J connectivity index is 2.00. The Morgan fingerprint density at radius 3 is 3.21 bits per heavy atom. The van der Waals surface area contributed by atoms with Crippen molar-refractivity contribution in [2.24, 2.45) is 0 Å². The van der Waals surface area contributed by atoms with Crippen LogP contribution >= 0.6 is 0 Å². The minimum absolute atomic E-state index is 0.00343. The van der Waals surface area contributed by atoms with Gasteiger partial charge < -0.3 is 10.2 Å². The molecule has 2 aliphatic rings. The van der Waals surface area contributed by atoms with E-state index in [1.807, 2.05) is 11.0 Å². The maximum atomic E-state index is 11.6. The van der Waals surface area contributed by atoms with E-state index in [-0.39, 0.29) is 12.3 Å². The molecule has 2 saturated heterocycles. The highest BCUT2D eigenvalue weighted by Crippen LogP contribution is 2.25. The second kappa shape index (κ2) is 3.97. The average molecular weight is 193 g/mol. The molecular formula is C10H15N3O. The van der Waals surface area contributed by atoms with E-state index >= 15 is 0 Å². The van der Waals surface area contributed by atoms with Gasteiger partial charge in [0.1, 0.15) is 6.42 Å². The zero-order valence-electron chi connectivity index (χ0n) is 8.20. The van der Waals surface area contributed by atoms with E-state index in [2.05, 4.69) is 5.32 Å². The molecule has 2 rings (SSSR count). The highest BCUT2D eigenvalue weighted by Gasteiger charge is 2.37. The van der Waals surface area contributed by atoms with Crippen molar-refractivity contribution in [1.82, 2.24) is 10.2 Å². The van der Waals surface area contributed by atoms with E-state index in [0.29, 0.717) is 12.1 Å².